The zero-order valence-electron chi connectivity index (χ0n) is 15.6. The Kier molecular flexibility index (Phi) is 8.37. The number of aryl methyl sites for hydroxylation is 1. The van der Waals surface area contributed by atoms with Crippen molar-refractivity contribution in [3.05, 3.63) is 41.6 Å². The van der Waals surface area contributed by atoms with Crippen LogP contribution >= 0.6 is 0 Å². The predicted octanol–water partition coefficient (Wildman–Crippen LogP) is 2.55. The molecular formula is C19H26N2O5. The lowest BCUT2D eigenvalue weighted by Crippen LogP contribution is -2.15. The zero-order chi connectivity index (χ0) is 19.7. The Hall–Kier alpha value is -2.80. The van der Waals surface area contributed by atoms with Gasteiger partial charge in [-0.2, -0.15) is 0 Å². The summed E-state index contributed by atoms with van der Waals surface area (Å²) in [4.78, 5) is 24.8. The maximum atomic E-state index is 9.55. The second kappa shape index (κ2) is 10.2. The summed E-state index contributed by atoms with van der Waals surface area (Å²) in [6, 6.07) is 6.25. The number of benzene rings is 1. The van der Waals surface area contributed by atoms with Crippen LogP contribution in [0.4, 0.5) is 0 Å². The number of likely N-dealkylation sites (N-methyl/N-ethyl adjacent to an activating group) is 1. The number of nitrogens with one attached hydrogen (secondary N) is 1. The highest BCUT2D eigenvalue weighted by Crippen LogP contribution is 2.27. The predicted molar refractivity (Wildman–Crippen MR) is 101 cm³/mol. The van der Waals surface area contributed by atoms with Gasteiger partial charge in [0.2, 0.25) is 0 Å². The summed E-state index contributed by atoms with van der Waals surface area (Å²) in [5.41, 5.74) is 3.99. The van der Waals surface area contributed by atoms with Crippen LogP contribution in [0.15, 0.2) is 30.4 Å². The van der Waals surface area contributed by atoms with E-state index in [-0.39, 0.29) is 0 Å². The van der Waals surface area contributed by atoms with Crippen LogP contribution in [-0.4, -0.2) is 59.8 Å². The van der Waals surface area contributed by atoms with Gasteiger partial charge in [0.25, 0.3) is 0 Å². The molecule has 0 bridgehead atoms. The molecular weight excluding hydrogens is 336 g/mol. The maximum absolute atomic E-state index is 9.55. The number of fused-ring (bicyclic) bond motifs is 1. The molecule has 26 heavy (non-hydrogen) atoms. The molecule has 2 aromatic rings. The van der Waals surface area contributed by atoms with Crippen LogP contribution in [0, 0.1) is 0 Å². The fourth-order valence-corrected chi connectivity index (χ4v) is 2.47. The number of nitrogens with zero attached hydrogens (tertiary/aromatic N) is 1. The molecule has 0 amide bonds. The van der Waals surface area contributed by atoms with Gasteiger partial charge in [-0.15, -0.1) is 0 Å². The number of rotatable bonds is 7. The Bertz CT molecular complexity index is 762. The topological polar surface area (TPSA) is 103 Å². The molecule has 0 spiro atoms. The van der Waals surface area contributed by atoms with Crippen LogP contribution in [0.25, 0.3) is 10.9 Å². The van der Waals surface area contributed by atoms with E-state index < -0.39 is 11.9 Å². The van der Waals surface area contributed by atoms with Gasteiger partial charge in [-0.3, -0.25) is 0 Å². The summed E-state index contributed by atoms with van der Waals surface area (Å²) in [6.07, 6.45) is 3.23. The third-order valence-corrected chi connectivity index (χ3v) is 3.73. The lowest BCUT2D eigenvalue weighted by molar-refractivity contribution is -0.134. The SMILES string of the molecule is CCc1[nH]c2ccc(OC)cc2c1CCN(C)C.O=C(O)C=CC(=O)O. The highest BCUT2D eigenvalue weighted by atomic mass is 16.5. The molecule has 0 aliphatic rings. The van der Waals surface area contributed by atoms with E-state index in [4.69, 9.17) is 14.9 Å². The van der Waals surface area contributed by atoms with Crippen molar-refractivity contribution in [3.8, 4) is 5.75 Å². The molecule has 7 heteroatoms. The molecule has 142 valence electrons. The standard InChI is InChI=1S/C15H22N2O.C4H4O4/c1-5-14-12(8-9-17(2)3)13-10-11(18-4)6-7-15(13)16-14;5-3(6)1-2-4(7)8/h6-7,10,16H,5,8-9H2,1-4H3;1-2H,(H,5,6)(H,7,8). The number of aromatic nitrogens is 1. The van der Waals surface area contributed by atoms with E-state index in [1.807, 2.05) is 6.07 Å². The molecule has 1 heterocycles. The number of hydrogen-bond acceptors (Lipinski definition) is 4. The number of aliphatic carboxylic acids is 2. The number of carbonyl (C=O) groups is 2. The number of H-pyrrole nitrogens is 1. The average Bonchev–Trinajstić information content (AvgIpc) is 2.95. The molecule has 0 aliphatic heterocycles. The van der Waals surface area contributed by atoms with E-state index in [0.717, 1.165) is 25.1 Å². The number of hydrogen-bond donors (Lipinski definition) is 3. The fourth-order valence-electron chi connectivity index (χ4n) is 2.47. The van der Waals surface area contributed by atoms with E-state index in [1.165, 1.54) is 22.2 Å². The summed E-state index contributed by atoms with van der Waals surface area (Å²) in [5, 5.41) is 16.9. The van der Waals surface area contributed by atoms with Gasteiger partial charge >= 0.3 is 11.9 Å². The minimum atomic E-state index is -1.26. The van der Waals surface area contributed by atoms with Gasteiger partial charge in [0.1, 0.15) is 5.75 Å². The minimum Gasteiger partial charge on any atom is -0.497 e. The first-order valence-electron chi connectivity index (χ1n) is 8.24. The third kappa shape index (κ3) is 6.60. The molecule has 0 radical (unpaired) electrons. The monoisotopic (exact) mass is 362 g/mol. The third-order valence-electron chi connectivity index (χ3n) is 3.73. The van der Waals surface area contributed by atoms with E-state index in [2.05, 4.69) is 43.0 Å². The molecule has 2 rings (SSSR count). The number of carboxylic acids is 2. The van der Waals surface area contributed by atoms with Crippen molar-refractivity contribution < 1.29 is 24.5 Å². The van der Waals surface area contributed by atoms with E-state index in [9.17, 15) is 9.59 Å². The van der Waals surface area contributed by atoms with Crippen molar-refractivity contribution in [2.45, 2.75) is 19.8 Å². The van der Waals surface area contributed by atoms with Crippen molar-refractivity contribution in [1.29, 1.82) is 0 Å². The lowest BCUT2D eigenvalue weighted by Gasteiger charge is -2.10. The second-order valence-corrected chi connectivity index (χ2v) is 5.91. The van der Waals surface area contributed by atoms with Crippen molar-refractivity contribution in [3.63, 3.8) is 0 Å². The number of carboxylic acid groups (broad SMARTS) is 2. The van der Waals surface area contributed by atoms with E-state index in [1.54, 1.807) is 7.11 Å². The molecule has 1 aromatic carbocycles. The van der Waals surface area contributed by atoms with Gasteiger partial charge in [0.15, 0.2) is 0 Å². The highest BCUT2D eigenvalue weighted by Gasteiger charge is 2.11. The quantitative estimate of drug-likeness (QED) is 0.654. The van der Waals surface area contributed by atoms with E-state index >= 15 is 0 Å². The normalized spacial score (nSPS) is 10.8. The van der Waals surface area contributed by atoms with Crippen LogP contribution in [0.5, 0.6) is 5.75 Å². The van der Waals surface area contributed by atoms with Gasteiger partial charge in [0.05, 0.1) is 7.11 Å². The van der Waals surface area contributed by atoms with Crippen molar-refractivity contribution in [2.75, 3.05) is 27.7 Å². The summed E-state index contributed by atoms with van der Waals surface area (Å²) in [6.45, 7) is 3.26. The van der Waals surface area contributed by atoms with E-state index in [0.29, 0.717) is 12.2 Å². The molecule has 0 fully saturated rings. The first-order valence-corrected chi connectivity index (χ1v) is 8.24. The van der Waals surface area contributed by atoms with Crippen LogP contribution in [-0.2, 0) is 22.4 Å². The summed E-state index contributed by atoms with van der Waals surface area (Å²) < 4.78 is 5.32. The van der Waals surface area contributed by atoms with Crippen molar-refractivity contribution >= 4 is 22.8 Å². The first kappa shape index (κ1) is 21.2. The van der Waals surface area contributed by atoms with Crippen LogP contribution in [0.1, 0.15) is 18.2 Å². The zero-order valence-corrected chi connectivity index (χ0v) is 15.6. The molecule has 3 N–H and O–H groups in total. The number of methoxy groups -OCH3 is 1. The van der Waals surface area contributed by atoms with Crippen LogP contribution in [0.2, 0.25) is 0 Å². The molecule has 0 saturated heterocycles. The van der Waals surface area contributed by atoms with Gasteiger partial charge in [0, 0.05) is 35.3 Å². The summed E-state index contributed by atoms with van der Waals surface area (Å²) >= 11 is 0. The average molecular weight is 362 g/mol. The molecule has 7 nitrogen and oxygen atoms in total. The van der Waals surface area contributed by atoms with Gasteiger partial charge in [-0.25, -0.2) is 9.59 Å². The first-order chi connectivity index (χ1) is 12.3. The van der Waals surface area contributed by atoms with Crippen LogP contribution in [0.3, 0.4) is 0 Å². The maximum Gasteiger partial charge on any atom is 0.328 e. The van der Waals surface area contributed by atoms with Gasteiger partial charge in [-0.1, -0.05) is 6.92 Å². The van der Waals surface area contributed by atoms with Gasteiger partial charge in [-0.05, 0) is 50.7 Å². The largest absolute Gasteiger partial charge is 0.497 e. The van der Waals surface area contributed by atoms with Crippen LogP contribution < -0.4 is 4.74 Å². The smallest absolute Gasteiger partial charge is 0.328 e. The molecule has 0 atom stereocenters. The van der Waals surface area contributed by atoms with Crippen molar-refractivity contribution in [1.82, 2.24) is 9.88 Å². The Morgan fingerprint density at radius 1 is 1.19 bits per heavy atom. The molecule has 1 aromatic heterocycles. The minimum absolute atomic E-state index is 0.558. The lowest BCUT2D eigenvalue weighted by atomic mass is 10.1. The number of aromatic amines is 1. The Balaban J connectivity index is 0.000000359. The Morgan fingerprint density at radius 3 is 2.27 bits per heavy atom. The fraction of sp³-hybridized carbons (Fsp3) is 0.368. The highest BCUT2D eigenvalue weighted by molar-refractivity contribution is 5.89. The Labute approximate surface area is 152 Å². The molecule has 0 aliphatic carbocycles. The summed E-state index contributed by atoms with van der Waals surface area (Å²) in [7, 11) is 5.94. The molecule has 0 unspecified atom stereocenters. The number of ether oxygens (including phenoxy) is 1. The molecule has 0 saturated carbocycles. The van der Waals surface area contributed by atoms with Crippen molar-refractivity contribution in [2.24, 2.45) is 0 Å². The second-order valence-electron chi connectivity index (χ2n) is 5.91. The Morgan fingerprint density at radius 2 is 1.81 bits per heavy atom. The van der Waals surface area contributed by atoms with Gasteiger partial charge < -0.3 is 24.8 Å². The summed E-state index contributed by atoms with van der Waals surface area (Å²) in [5.74, 6) is -1.59.